The van der Waals surface area contributed by atoms with Crippen molar-refractivity contribution < 1.29 is 28.6 Å². The summed E-state index contributed by atoms with van der Waals surface area (Å²) in [6.07, 6.45) is 60.2. The van der Waals surface area contributed by atoms with Crippen molar-refractivity contribution >= 4 is 17.9 Å². The molecule has 0 aliphatic rings. The smallest absolute Gasteiger partial charge is 0.306 e. The maximum Gasteiger partial charge on any atom is 0.306 e. The van der Waals surface area contributed by atoms with Crippen molar-refractivity contribution in [3.8, 4) is 0 Å². The Bertz CT molecular complexity index is 1020. The minimum Gasteiger partial charge on any atom is -0.462 e. The summed E-state index contributed by atoms with van der Waals surface area (Å²) < 4.78 is 16.8. The number of ether oxygens (including phenoxy) is 3. The average Bonchev–Trinajstić information content (AvgIpc) is 3.28. The lowest BCUT2D eigenvalue weighted by molar-refractivity contribution is -0.167. The van der Waals surface area contributed by atoms with E-state index in [1.165, 1.54) is 193 Å². The Morgan fingerprint density at radius 1 is 0.302 bits per heavy atom. The molecule has 0 aliphatic heterocycles. The minimum absolute atomic E-state index is 0.0731. The molecule has 1 atom stereocenters. The summed E-state index contributed by atoms with van der Waals surface area (Å²) in [6.45, 7) is 6.64. The van der Waals surface area contributed by atoms with E-state index in [1.54, 1.807) is 0 Å². The summed E-state index contributed by atoms with van der Waals surface area (Å²) in [5.41, 5.74) is 0. The highest BCUT2D eigenvalue weighted by Gasteiger charge is 2.19. The second kappa shape index (κ2) is 52.5. The maximum atomic E-state index is 12.8. The summed E-state index contributed by atoms with van der Waals surface area (Å²) in [5, 5.41) is 0. The van der Waals surface area contributed by atoms with Gasteiger partial charge in [0.15, 0.2) is 6.10 Å². The van der Waals surface area contributed by atoms with Gasteiger partial charge in [0.1, 0.15) is 13.2 Å². The van der Waals surface area contributed by atoms with Crippen LogP contribution in [-0.2, 0) is 28.6 Å². The SMILES string of the molecule is CCCCC/C=C\CCCCCCCC(=O)OC[C@H](COC(=O)CCCCCCCCCCCCCCCCCCCC)OC(=O)CCCCCCC/C=C\CCCCCCCC. The number of rotatable bonds is 51. The molecule has 0 fully saturated rings. The number of hydrogen-bond donors (Lipinski definition) is 0. The van der Waals surface area contributed by atoms with Gasteiger partial charge >= 0.3 is 17.9 Å². The zero-order valence-electron chi connectivity index (χ0n) is 42.4. The zero-order chi connectivity index (χ0) is 45.8. The Kier molecular flexibility index (Phi) is 50.8. The molecule has 0 saturated heterocycles. The van der Waals surface area contributed by atoms with Crippen LogP contribution in [-0.4, -0.2) is 37.2 Å². The molecule has 0 N–H and O–H groups in total. The van der Waals surface area contributed by atoms with E-state index in [-0.39, 0.29) is 31.1 Å². The monoisotopic (exact) mass is 887 g/mol. The van der Waals surface area contributed by atoms with Gasteiger partial charge in [-0.15, -0.1) is 0 Å². The number of unbranched alkanes of at least 4 members (excludes halogenated alkanes) is 36. The highest BCUT2D eigenvalue weighted by molar-refractivity contribution is 5.71. The van der Waals surface area contributed by atoms with Crippen molar-refractivity contribution in [3.63, 3.8) is 0 Å². The third kappa shape index (κ3) is 50.7. The number of hydrogen-bond acceptors (Lipinski definition) is 6. The Morgan fingerprint density at radius 3 is 0.825 bits per heavy atom. The molecule has 0 rings (SSSR count). The third-order valence-electron chi connectivity index (χ3n) is 12.4. The van der Waals surface area contributed by atoms with Crippen molar-refractivity contribution in [3.05, 3.63) is 24.3 Å². The molecule has 63 heavy (non-hydrogen) atoms. The minimum atomic E-state index is -0.774. The molecule has 0 aromatic heterocycles. The van der Waals surface area contributed by atoms with Gasteiger partial charge in [0, 0.05) is 19.3 Å². The van der Waals surface area contributed by atoms with E-state index >= 15 is 0 Å². The second-order valence-electron chi connectivity index (χ2n) is 18.8. The molecule has 370 valence electrons. The van der Waals surface area contributed by atoms with Gasteiger partial charge in [-0.25, -0.2) is 0 Å². The van der Waals surface area contributed by atoms with Crippen LogP contribution in [0.4, 0.5) is 0 Å². The van der Waals surface area contributed by atoms with Crippen LogP contribution in [0.2, 0.25) is 0 Å². The molecule has 0 amide bonds. The molecule has 0 heterocycles. The van der Waals surface area contributed by atoms with Crippen molar-refractivity contribution in [1.82, 2.24) is 0 Å². The first-order chi connectivity index (χ1) is 31.0. The van der Waals surface area contributed by atoms with Gasteiger partial charge in [-0.05, 0) is 70.6 Å². The van der Waals surface area contributed by atoms with Crippen LogP contribution in [0.15, 0.2) is 24.3 Å². The molecule has 0 aromatic carbocycles. The van der Waals surface area contributed by atoms with E-state index in [0.717, 1.165) is 70.6 Å². The van der Waals surface area contributed by atoms with Gasteiger partial charge in [-0.1, -0.05) is 238 Å². The van der Waals surface area contributed by atoms with Gasteiger partial charge in [0.25, 0.3) is 0 Å². The predicted molar refractivity (Wildman–Crippen MR) is 270 cm³/mol. The standard InChI is InChI=1S/C57H106O6/c1-4-7-10-13-16-19-22-25-27-28-29-31-32-35-38-41-44-47-50-56(59)62-53-54(52-61-55(58)49-46-43-40-37-34-24-21-18-15-12-9-6-3)63-57(60)51-48-45-42-39-36-33-30-26-23-20-17-14-11-8-5-2/h18,21,26,30,54H,4-17,19-20,22-25,27-29,31-53H2,1-3H3/b21-18-,30-26-/t54-/m1/s1. The molecule has 0 aromatic rings. The van der Waals surface area contributed by atoms with E-state index < -0.39 is 6.10 Å². The van der Waals surface area contributed by atoms with E-state index in [0.29, 0.717) is 19.3 Å². The maximum absolute atomic E-state index is 12.8. The van der Waals surface area contributed by atoms with Crippen molar-refractivity contribution in [2.75, 3.05) is 13.2 Å². The fourth-order valence-electron chi connectivity index (χ4n) is 8.20. The lowest BCUT2D eigenvalue weighted by Crippen LogP contribution is -2.30. The number of carbonyl (C=O) groups is 3. The summed E-state index contributed by atoms with van der Waals surface area (Å²) in [7, 11) is 0. The van der Waals surface area contributed by atoms with Crippen LogP contribution in [0.3, 0.4) is 0 Å². The molecular weight excluding hydrogens is 781 g/mol. The molecule has 0 saturated carbocycles. The lowest BCUT2D eigenvalue weighted by atomic mass is 10.0. The van der Waals surface area contributed by atoms with Crippen LogP contribution < -0.4 is 0 Å². The molecule has 0 unspecified atom stereocenters. The number of esters is 3. The molecule has 0 bridgehead atoms. The summed E-state index contributed by atoms with van der Waals surface area (Å²) in [4.78, 5) is 38.0. The van der Waals surface area contributed by atoms with E-state index in [1.807, 2.05) is 0 Å². The molecule has 6 heteroatoms. The Hall–Kier alpha value is -2.11. The molecule has 6 nitrogen and oxygen atoms in total. The van der Waals surface area contributed by atoms with Gasteiger partial charge in [-0.3, -0.25) is 14.4 Å². The Labute approximate surface area is 392 Å². The first-order valence-corrected chi connectivity index (χ1v) is 27.8. The van der Waals surface area contributed by atoms with Crippen LogP contribution >= 0.6 is 0 Å². The Balaban J connectivity index is 4.32. The zero-order valence-corrected chi connectivity index (χ0v) is 42.4. The summed E-state index contributed by atoms with van der Waals surface area (Å²) in [5.74, 6) is -0.874. The Morgan fingerprint density at radius 2 is 0.524 bits per heavy atom. The first-order valence-electron chi connectivity index (χ1n) is 27.8. The normalized spacial score (nSPS) is 12.1. The van der Waals surface area contributed by atoms with Crippen molar-refractivity contribution in [2.45, 2.75) is 309 Å². The van der Waals surface area contributed by atoms with Crippen molar-refractivity contribution in [2.24, 2.45) is 0 Å². The average molecular weight is 887 g/mol. The highest BCUT2D eigenvalue weighted by atomic mass is 16.6. The summed E-state index contributed by atoms with van der Waals surface area (Å²) >= 11 is 0. The number of allylic oxidation sites excluding steroid dienone is 4. The van der Waals surface area contributed by atoms with Crippen molar-refractivity contribution in [1.29, 1.82) is 0 Å². The molecular formula is C57H106O6. The molecule has 0 aliphatic carbocycles. The predicted octanol–water partition coefficient (Wildman–Crippen LogP) is 18.3. The molecule has 0 radical (unpaired) electrons. The fraction of sp³-hybridized carbons (Fsp3) is 0.877. The summed E-state index contributed by atoms with van der Waals surface area (Å²) in [6, 6.07) is 0. The fourth-order valence-corrected chi connectivity index (χ4v) is 8.20. The van der Waals surface area contributed by atoms with Crippen LogP contribution in [0.1, 0.15) is 303 Å². The van der Waals surface area contributed by atoms with Crippen LogP contribution in [0.5, 0.6) is 0 Å². The third-order valence-corrected chi connectivity index (χ3v) is 12.4. The van der Waals surface area contributed by atoms with Crippen LogP contribution in [0.25, 0.3) is 0 Å². The van der Waals surface area contributed by atoms with Gasteiger partial charge in [0.05, 0.1) is 0 Å². The topological polar surface area (TPSA) is 78.9 Å². The van der Waals surface area contributed by atoms with Crippen LogP contribution in [0, 0.1) is 0 Å². The van der Waals surface area contributed by atoms with E-state index in [2.05, 4.69) is 45.1 Å². The quantitative estimate of drug-likeness (QED) is 0.0262. The van der Waals surface area contributed by atoms with Gasteiger partial charge < -0.3 is 14.2 Å². The van der Waals surface area contributed by atoms with Gasteiger partial charge in [0.2, 0.25) is 0 Å². The number of carbonyl (C=O) groups excluding carboxylic acids is 3. The second-order valence-corrected chi connectivity index (χ2v) is 18.8. The van der Waals surface area contributed by atoms with Gasteiger partial charge in [-0.2, -0.15) is 0 Å². The molecule has 0 spiro atoms. The van der Waals surface area contributed by atoms with E-state index in [9.17, 15) is 14.4 Å². The lowest BCUT2D eigenvalue weighted by Gasteiger charge is -2.18. The largest absolute Gasteiger partial charge is 0.462 e. The highest BCUT2D eigenvalue weighted by Crippen LogP contribution is 2.16. The first kappa shape index (κ1) is 60.9. The van der Waals surface area contributed by atoms with E-state index in [4.69, 9.17) is 14.2 Å².